The molecule has 1 aliphatic heterocycles. The molecule has 0 bridgehead atoms. The maximum absolute atomic E-state index is 12.5. The lowest BCUT2D eigenvalue weighted by molar-refractivity contribution is -0.112. The van der Waals surface area contributed by atoms with Gasteiger partial charge in [0.15, 0.2) is 0 Å². The lowest BCUT2D eigenvalue weighted by Crippen LogP contribution is -2.22. The van der Waals surface area contributed by atoms with E-state index in [9.17, 15) is 9.59 Å². The molecule has 2 heterocycles. The van der Waals surface area contributed by atoms with Crippen LogP contribution in [-0.2, 0) is 9.53 Å². The van der Waals surface area contributed by atoms with Gasteiger partial charge in [0, 0.05) is 22.6 Å². The largest absolute Gasteiger partial charge is 0.483 e. The molecule has 5 rings (SSSR count). The molecule has 2 aliphatic rings. The fourth-order valence-corrected chi connectivity index (χ4v) is 3.53. The van der Waals surface area contributed by atoms with Crippen molar-refractivity contribution in [1.82, 2.24) is 15.0 Å². The number of fused-ring (bicyclic) bond motifs is 2. The summed E-state index contributed by atoms with van der Waals surface area (Å²) in [5, 5.41) is 8.95. The van der Waals surface area contributed by atoms with E-state index in [4.69, 9.17) is 16.3 Å². The highest BCUT2D eigenvalue weighted by Crippen LogP contribution is 2.44. The summed E-state index contributed by atoms with van der Waals surface area (Å²) in [4.78, 5) is 24.8. The molecule has 1 aliphatic carbocycles. The first-order valence-electron chi connectivity index (χ1n) is 8.38. The highest BCUT2D eigenvalue weighted by molar-refractivity contribution is 6.52. The van der Waals surface area contributed by atoms with E-state index in [2.05, 4.69) is 10.3 Å². The molecule has 0 spiro atoms. The quantitative estimate of drug-likeness (QED) is 0.638. The van der Waals surface area contributed by atoms with Gasteiger partial charge in [0.2, 0.25) is 11.6 Å². The van der Waals surface area contributed by atoms with E-state index < -0.39 is 17.7 Å². The highest BCUT2D eigenvalue weighted by Gasteiger charge is 2.41. The van der Waals surface area contributed by atoms with Crippen molar-refractivity contribution in [3.8, 4) is 5.69 Å². The predicted molar refractivity (Wildman–Crippen MR) is 97.5 cm³/mol. The molecule has 132 valence electrons. The topological polar surface area (TPSA) is 74.1 Å². The van der Waals surface area contributed by atoms with Gasteiger partial charge < -0.3 is 4.74 Å². The number of ketones is 2. The van der Waals surface area contributed by atoms with Crippen molar-refractivity contribution < 1.29 is 14.3 Å². The third kappa shape index (κ3) is 2.49. The summed E-state index contributed by atoms with van der Waals surface area (Å²) in [7, 11) is 0. The average molecular weight is 378 g/mol. The lowest BCUT2D eigenvalue weighted by Gasteiger charge is -2.15. The number of carbonyl (C=O) groups is 2. The van der Waals surface area contributed by atoms with Crippen molar-refractivity contribution in [2.24, 2.45) is 0 Å². The summed E-state index contributed by atoms with van der Waals surface area (Å²) in [6.45, 7) is 0. The number of nitrogens with zero attached hydrogens (tertiary/aromatic N) is 3. The van der Waals surface area contributed by atoms with Crippen LogP contribution in [0.1, 0.15) is 34.1 Å². The number of benzene rings is 2. The van der Waals surface area contributed by atoms with E-state index >= 15 is 0 Å². The number of Topliss-reactive ketones (excluding diaryl/α,β-unsaturated/α-hetero) is 2. The molecule has 1 atom stereocenters. The van der Waals surface area contributed by atoms with Crippen LogP contribution in [0.4, 0.5) is 0 Å². The standard InChI is InChI=1S/C20H12ClN3O3/c21-11-5-7-12(8-6-11)24-10-16(22-23-24)17-9-15-19(26)18(25)13-3-1-2-4-14(13)20(15)27-17/h1-8,10,17H,9H2. The summed E-state index contributed by atoms with van der Waals surface area (Å²) in [5.41, 5.74) is 2.85. The highest BCUT2D eigenvalue weighted by atomic mass is 35.5. The van der Waals surface area contributed by atoms with Gasteiger partial charge in [0.25, 0.3) is 0 Å². The second-order valence-corrected chi connectivity index (χ2v) is 6.82. The number of aromatic nitrogens is 3. The zero-order chi connectivity index (χ0) is 18.5. The van der Waals surface area contributed by atoms with Gasteiger partial charge in [-0.25, -0.2) is 4.68 Å². The van der Waals surface area contributed by atoms with E-state index in [1.54, 1.807) is 41.2 Å². The fraction of sp³-hybridized carbons (Fsp3) is 0.100. The van der Waals surface area contributed by atoms with Crippen LogP contribution in [-0.4, -0.2) is 26.6 Å². The van der Waals surface area contributed by atoms with Crippen LogP contribution in [0.25, 0.3) is 11.4 Å². The molecule has 2 aromatic carbocycles. The van der Waals surface area contributed by atoms with Crippen LogP contribution in [0.5, 0.6) is 0 Å². The first-order valence-corrected chi connectivity index (χ1v) is 8.76. The smallest absolute Gasteiger partial charge is 0.234 e. The number of carbonyl (C=O) groups excluding carboxylic acids is 2. The number of halogens is 1. The Morgan fingerprint density at radius 3 is 2.52 bits per heavy atom. The van der Waals surface area contributed by atoms with Gasteiger partial charge in [-0.15, -0.1) is 5.10 Å². The molecular weight excluding hydrogens is 366 g/mol. The average Bonchev–Trinajstić information content (AvgIpc) is 3.34. The van der Waals surface area contributed by atoms with Gasteiger partial charge in [-0.3, -0.25) is 9.59 Å². The first-order chi connectivity index (χ1) is 13.1. The van der Waals surface area contributed by atoms with E-state index in [1.807, 2.05) is 18.2 Å². The van der Waals surface area contributed by atoms with Crippen LogP contribution in [0.15, 0.2) is 60.3 Å². The maximum atomic E-state index is 12.5. The Kier molecular flexibility index (Phi) is 3.48. The lowest BCUT2D eigenvalue weighted by atomic mass is 9.87. The Labute approximate surface area is 159 Å². The van der Waals surface area contributed by atoms with E-state index in [1.165, 1.54) is 0 Å². The minimum absolute atomic E-state index is 0.299. The SMILES string of the molecule is O=C1C(=O)c2ccccc2C2=C1CC(c1cn(-c3ccc(Cl)cc3)nn1)O2. The van der Waals surface area contributed by atoms with Gasteiger partial charge in [0.1, 0.15) is 17.6 Å². The molecule has 1 unspecified atom stereocenters. The van der Waals surface area contributed by atoms with Crippen molar-refractivity contribution in [1.29, 1.82) is 0 Å². The Hall–Kier alpha value is -3.25. The van der Waals surface area contributed by atoms with Crippen molar-refractivity contribution >= 4 is 28.9 Å². The van der Waals surface area contributed by atoms with Crippen LogP contribution in [0.3, 0.4) is 0 Å². The molecule has 6 nitrogen and oxygen atoms in total. The van der Waals surface area contributed by atoms with Crippen molar-refractivity contribution in [3.05, 3.63) is 82.1 Å². The summed E-state index contributed by atoms with van der Waals surface area (Å²) in [6, 6.07) is 14.2. The molecule has 1 aromatic heterocycles. The minimum atomic E-state index is -0.503. The molecule has 0 amide bonds. The first kappa shape index (κ1) is 16.0. The number of hydrogen-bond acceptors (Lipinski definition) is 5. The normalized spacial score (nSPS) is 18.3. The zero-order valence-corrected chi connectivity index (χ0v) is 14.7. The van der Waals surface area contributed by atoms with E-state index in [-0.39, 0.29) is 0 Å². The predicted octanol–water partition coefficient (Wildman–Crippen LogP) is 3.56. The summed E-state index contributed by atoms with van der Waals surface area (Å²) in [5.74, 6) is -0.518. The van der Waals surface area contributed by atoms with Crippen LogP contribution < -0.4 is 0 Å². The van der Waals surface area contributed by atoms with Crippen LogP contribution in [0.2, 0.25) is 5.02 Å². The second kappa shape index (κ2) is 5.89. The van der Waals surface area contributed by atoms with Gasteiger partial charge in [-0.2, -0.15) is 0 Å². The molecule has 3 aromatic rings. The van der Waals surface area contributed by atoms with Gasteiger partial charge >= 0.3 is 0 Å². The van der Waals surface area contributed by atoms with Crippen LogP contribution >= 0.6 is 11.6 Å². The third-order valence-electron chi connectivity index (χ3n) is 4.75. The third-order valence-corrected chi connectivity index (χ3v) is 5.00. The van der Waals surface area contributed by atoms with Gasteiger partial charge in [0.05, 0.1) is 17.5 Å². The van der Waals surface area contributed by atoms with Crippen molar-refractivity contribution in [2.75, 3.05) is 0 Å². The second-order valence-electron chi connectivity index (χ2n) is 6.39. The minimum Gasteiger partial charge on any atom is -0.483 e. The van der Waals surface area contributed by atoms with Crippen LogP contribution in [0, 0.1) is 0 Å². The molecule has 27 heavy (non-hydrogen) atoms. The summed E-state index contributed by atoms with van der Waals surface area (Å²) < 4.78 is 7.65. The molecule has 0 fully saturated rings. The fourth-order valence-electron chi connectivity index (χ4n) is 3.40. The Morgan fingerprint density at radius 1 is 1.00 bits per heavy atom. The number of hydrogen-bond donors (Lipinski definition) is 0. The summed E-state index contributed by atoms with van der Waals surface area (Å²) in [6.07, 6.45) is 1.59. The van der Waals surface area contributed by atoms with Gasteiger partial charge in [-0.1, -0.05) is 41.1 Å². The maximum Gasteiger partial charge on any atom is 0.234 e. The molecule has 0 N–H and O–H groups in total. The van der Waals surface area contributed by atoms with Crippen molar-refractivity contribution in [3.63, 3.8) is 0 Å². The number of ether oxygens (including phenoxy) is 1. The molecular formula is C20H12ClN3O3. The monoisotopic (exact) mass is 377 g/mol. The zero-order valence-electron chi connectivity index (χ0n) is 13.9. The number of rotatable bonds is 2. The molecule has 0 saturated carbocycles. The summed E-state index contributed by atoms with van der Waals surface area (Å²) >= 11 is 5.91. The molecule has 0 saturated heterocycles. The Bertz CT molecular complexity index is 1130. The molecule has 7 heteroatoms. The Morgan fingerprint density at radius 2 is 1.74 bits per heavy atom. The van der Waals surface area contributed by atoms with E-state index in [0.29, 0.717) is 39.6 Å². The Balaban J connectivity index is 1.47. The van der Waals surface area contributed by atoms with Crippen molar-refractivity contribution in [2.45, 2.75) is 12.5 Å². The van der Waals surface area contributed by atoms with Gasteiger partial charge in [-0.05, 0) is 24.3 Å². The molecule has 0 radical (unpaired) electrons. The van der Waals surface area contributed by atoms with E-state index in [0.717, 1.165) is 5.69 Å².